The Kier molecular flexibility index (Phi) is 1.92. The van der Waals surface area contributed by atoms with Gasteiger partial charge in [-0.3, -0.25) is 10.1 Å². The number of non-ortho nitro benzene ring substituents is 1. The normalized spacial score (nSPS) is 11.1. The van der Waals surface area contributed by atoms with E-state index in [0.717, 1.165) is 27.4 Å². The first kappa shape index (κ1) is 9.84. The number of nitrogens with zero attached hydrogens (tertiary/aromatic N) is 1. The lowest BCUT2D eigenvalue weighted by atomic mass is 10.1. The number of aryl methyl sites for hydroxylation is 1. The average molecular weight is 226 g/mol. The summed E-state index contributed by atoms with van der Waals surface area (Å²) in [5.74, 6) is 0. The summed E-state index contributed by atoms with van der Waals surface area (Å²) in [6, 6.07) is 11.0. The lowest BCUT2D eigenvalue weighted by Crippen LogP contribution is -1.88. The van der Waals surface area contributed by atoms with E-state index in [1.807, 2.05) is 31.2 Å². The number of aromatic amines is 1. The molecule has 0 aliphatic carbocycles. The summed E-state index contributed by atoms with van der Waals surface area (Å²) in [5, 5.41) is 12.8. The minimum absolute atomic E-state index is 0.139. The van der Waals surface area contributed by atoms with Gasteiger partial charge in [0.05, 0.1) is 4.92 Å². The van der Waals surface area contributed by atoms with Crippen LogP contribution in [0.1, 0.15) is 5.56 Å². The van der Waals surface area contributed by atoms with Gasteiger partial charge in [-0.05, 0) is 18.6 Å². The molecular weight excluding hydrogens is 216 g/mol. The van der Waals surface area contributed by atoms with Gasteiger partial charge in [-0.15, -0.1) is 0 Å². The molecule has 1 aromatic heterocycles. The molecule has 0 amide bonds. The fraction of sp³-hybridized carbons (Fsp3) is 0.0769. The van der Waals surface area contributed by atoms with E-state index in [-0.39, 0.29) is 10.6 Å². The van der Waals surface area contributed by atoms with Crippen LogP contribution in [0.25, 0.3) is 21.8 Å². The quantitative estimate of drug-likeness (QED) is 0.509. The van der Waals surface area contributed by atoms with Gasteiger partial charge >= 0.3 is 0 Å². The van der Waals surface area contributed by atoms with Gasteiger partial charge in [0.15, 0.2) is 0 Å². The topological polar surface area (TPSA) is 58.9 Å². The monoisotopic (exact) mass is 226 g/mol. The molecule has 1 heterocycles. The second-order valence-electron chi connectivity index (χ2n) is 4.11. The van der Waals surface area contributed by atoms with Crippen LogP contribution in [0, 0.1) is 17.0 Å². The molecule has 0 unspecified atom stereocenters. The highest BCUT2D eigenvalue weighted by Gasteiger charge is 2.12. The average Bonchev–Trinajstić information content (AvgIpc) is 2.68. The zero-order valence-corrected chi connectivity index (χ0v) is 9.23. The molecule has 17 heavy (non-hydrogen) atoms. The van der Waals surface area contributed by atoms with Crippen molar-refractivity contribution in [2.45, 2.75) is 6.92 Å². The van der Waals surface area contributed by atoms with Gasteiger partial charge in [0.25, 0.3) is 5.69 Å². The van der Waals surface area contributed by atoms with Crippen molar-refractivity contribution < 1.29 is 4.92 Å². The van der Waals surface area contributed by atoms with Crippen molar-refractivity contribution in [2.24, 2.45) is 0 Å². The summed E-state index contributed by atoms with van der Waals surface area (Å²) in [5.41, 5.74) is 3.01. The van der Waals surface area contributed by atoms with Crippen molar-refractivity contribution in [3.63, 3.8) is 0 Å². The highest BCUT2D eigenvalue weighted by Crippen LogP contribution is 2.30. The van der Waals surface area contributed by atoms with Gasteiger partial charge < -0.3 is 4.98 Å². The SMILES string of the molecule is Cc1cc([N+](=O)[O-])cc2c1[nH]c1ccccc12. The molecule has 0 spiro atoms. The number of fused-ring (bicyclic) bond motifs is 3. The summed E-state index contributed by atoms with van der Waals surface area (Å²) in [6.07, 6.45) is 0. The Morgan fingerprint density at radius 2 is 1.94 bits per heavy atom. The molecule has 4 heteroatoms. The number of rotatable bonds is 1. The number of hydrogen-bond acceptors (Lipinski definition) is 2. The van der Waals surface area contributed by atoms with Crippen LogP contribution in [0.5, 0.6) is 0 Å². The summed E-state index contributed by atoms with van der Waals surface area (Å²) in [4.78, 5) is 13.8. The van der Waals surface area contributed by atoms with E-state index in [4.69, 9.17) is 0 Å². The van der Waals surface area contributed by atoms with Crippen LogP contribution in [0.15, 0.2) is 36.4 Å². The Hall–Kier alpha value is -2.36. The summed E-state index contributed by atoms with van der Waals surface area (Å²) in [7, 11) is 0. The van der Waals surface area contributed by atoms with Crippen LogP contribution in [0.4, 0.5) is 5.69 Å². The number of nitrogens with one attached hydrogen (secondary N) is 1. The zero-order valence-electron chi connectivity index (χ0n) is 9.23. The lowest BCUT2D eigenvalue weighted by molar-refractivity contribution is -0.384. The minimum Gasteiger partial charge on any atom is -0.354 e. The van der Waals surface area contributed by atoms with Gasteiger partial charge in [-0.2, -0.15) is 0 Å². The van der Waals surface area contributed by atoms with Crippen molar-refractivity contribution >= 4 is 27.5 Å². The first-order chi connectivity index (χ1) is 8.16. The number of benzene rings is 2. The standard InChI is InChI=1S/C13H10N2O2/c1-8-6-9(15(16)17)7-11-10-4-2-3-5-12(10)14-13(8)11/h2-7,14H,1H3. The predicted octanol–water partition coefficient (Wildman–Crippen LogP) is 3.54. The van der Waals surface area contributed by atoms with E-state index in [2.05, 4.69) is 4.98 Å². The van der Waals surface area contributed by atoms with E-state index in [9.17, 15) is 10.1 Å². The molecule has 0 fully saturated rings. The number of nitro benzene ring substituents is 1. The lowest BCUT2D eigenvalue weighted by Gasteiger charge is -1.97. The van der Waals surface area contributed by atoms with Crippen LogP contribution in [-0.4, -0.2) is 9.91 Å². The smallest absolute Gasteiger partial charge is 0.270 e. The van der Waals surface area contributed by atoms with E-state index in [1.165, 1.54) is 0 Å². The minimum atomic E-state index is -0.353. The van der Waals surface area contributed by atoms with Crippen LogP contribution in [0.3, 0.4) is 0 Å². The molecule has 0 aliphatic heterocycles. The number of H-pyrrole nitrogens is 1. The van der Waals surface area contributed by atoms with Crippen molar-refractivity contribution in [3.8, 4) is 0 Å². The fourth-order valence-electron chi connectivity index (χ4n) is 2.21. The third-order valence-electron chi connectivity index (χ3n) is 3.01. The Bertz CT molecular complexity index is 744. The van der Waals surface area contributed by atoms with Gasteiger partial charge in [0.1, 0.15) is 0 Å². The molecule has 0 aliphatic rings. The molecule has 3 rings (SSSR count). The van der Waals surface area contributed by atoms with E-state index >= 15 is 0 Å². The first-order valence-electron chi connectivity index (χ1n) is 5.32. The predicted molar refractivity (Wildman–Crippen MR) is 67.2 cm³/mol. The largest absolute Gasteiger partial charge is 0.354 e. The molecule has 0 radical (unpaired) electrons. The molecule has 3 aromatic rings. The number of aromatic nitrogens is 1. The molecule has 84 valence electrons. The molecule has 1 N–H and O–H groups in total. The van der Waals surface area contributed by atoms with Crippen LogP contribution < -0.4 is 0 Å². The number of para-hydroxylation sites is 1. The molecule has 2 aromatic carbocycles. The Balaban J connectivity index is 2.50. The van der Waals surface area contributed by atoms with Crippen LogP contribution in [0.2, 0.25) is 0 Å². The van der Waals surface area contributed by atoms with Gasteiger partial charge in [0, 0.05) is 33.9 Å². The van der Waals surface area contributed by atoms with E-state index in [1.54, 1.807) is 12.1 Å². The Morgan fingerprint density at radius 3 is 2.71 bits per heavy atom. The van der Waals surface area contributed by atoms with Crippen molar-refractivity contribution in [1.82, 2.24) is 4.98 Å². The third-order valence-corrected chi connectivity index (χ3v) is 3.01. The van der Waals surface area contributed by atoms with Gasteiger partial charge in [-0.25, -0.2) is 0 Å². The molecule has 0 bridgehead atoms. The fourth-order valence-corrected chi connectivity index (χ4v) is 2.21. The molecule has 0 saturated heterocycles. The molecule has 0 saturated carbocycles. The first-order valence-corrected chi connectivity index (χ1v) is 5.32. The number of nitro groups is 1. The maximum atomic E-state index is 10.9. The Morgan fingerprint density at radius 1 is 1.18 bits per heavy atom. The maximum absolute atomic E-state index is 10.9. The van der Waals surface area contributed by atoms with Crippen molar-refractivity contribution in [1.29, 1.82) is 0 Å². The van der Waals surface area contributed by atoms with Crippen LogP contribution in [-0.2, 0) is 0 Å². The van der Waals surface area contributed by atoms with Crippen molar-refractivity contribution in [3.05, 3.63) is 52.1 Å². The van der Waals surface area contributed by atoms with E-state index < -0.39 is 0 Å². The summed E-state index contributed by atoms with van der Waals surface area (Å²) >= 11 is 0. The third kappa shape index (κ3) is 1.38. The second-order valence-corrected chi connectivity index (χ2v) is 4.11. The van der Waals surface area contributed by atoms with Crippen LogP contribution >= 0.6 is 0 Å². The zero-order chi connectivity index (χ0) is 12.0. The molecule has 4 nitrogen and oxygen atoms in total. The highest BCUT2D eigenvalue weighted by molar-refractivity contribution is 6.08. The summed E-state index contributed by atoms with van der Waals surface area (Å²) < 4.78 is 0. The second kappa shape index (κ2) is 3.31. The summed E-state index contributed by atoms with van der Waals surface area (Å²) in [6.45, 7) is 1.88. The highest BCUT2D eigenvalue weighted by atomic mass is 16.6. The molecular formula is C13H10N2O2. The molecule has 0 atom stereocenters. The van der Waals surface area contributed by atoms with E-state index in [0.29, 0.717) is 0 Å². The van der Waals surface area contributed by atoms with Gasteiger partial charge in [0.2, 0.25) is 0 Å². The maximum Gasteiger partial charge on any atom is 0.270 e. The van der Waals surface area contributed by atoms with Gasteiger partial charge in [-0.1, -0.05) is 18.2 Å². The van der Waals surface area contributed by atoms with Crippen molar-refractivity contribution in [2.75, 3.05) is 0 Å². The number of hydrogen-bond donors (Lipinski definition) is 1. The Labute approximate surface area is 97.0 Å².